The topological polar surface area (TPSA) is 33.1 Å². The molecule has 4 rings (SSSR count). The second-order valence-corrected chi connectivity index (χ2v) is 6.81. The highest BCUT2D eigenvalue weighted by Crippen LogP contribution is 2.41. The summed E-state index contributed by atoms with van der Waals surface area (Å²) in [6, 6.07) is 0.717. The lowest BCUT2D eigenvalue weighted by molar-refractivity contribution is 0.165. The van der Waals surface area contributed by atoms with E-state index in [0.29, 0.717) is 0 Å². The van der Waals surface area contributed by atoms with Gasteiger partial charge in [0.25, 0.3) is 0 Å². The van der Waals surface area contributed by atoms with Crippen molar-refractivity contribution in [2.24, 2.45) is 0 Å². The Labute approximate surface area is 121 Å². The Morgan fingerprint density at radius 1 is 1.25 bits per heavy atom. The second-order valence-electron chi connectivity index (χ2n) is 6.81. The first-order valence-corrected chi connectivity index (χ1v) is 8.32. The van der Waals surface area contributed by atoms with Crippen molar-refractivity contribution in [1.29, 1.82) is 0 Å². The van der Waals surface area contributed by atoms with Gasteiger partial charge in [0.2, 0.25) is 0 Å². The molecule has 0 radical (unpaired) electrons. The summed E-state index contributed by atoms with van der Waals surface area (Å²) < 4.78 is 2.61. The average Bonchev–Trinajstić information content (AvgIpc) is 3.25. The Kier molecular flexibility index (Phi) is 3.31. The van der Waals surface area contributed by atoms with Crippen LogP contribution >= 0.6 is 0 Å². The number of nitrogens with one attached hydrogen (secondary N) is 1. The maximum Gasteiger partial charge on any atom is 0.112 e. The first-order chi connectivity index (χ1) is 9.83. The van der Waals surface area contributed by atoms with Crippen LogP contribution in [0.1, 0.15) is 55.2 Å². The Hall–Kier alpha value is -0.870. The van der Waals surface area contributed by atoms with Crippen LogP contribution in [0.25, 0.3) is 0 Å². The molecule has 1 atom stereocenters. The third-order valence-electron chi connectivity index (χ3n) is 5.27. The van der Waals surface area contributed by atoms with Gasteiger partial charge in [-0.1, -0.05) is 6.42 Å². The molecule has 3 aliphatic rings. The van der Waals surface area contributed by atoms with E-state index in [1.165, 1.54) is 62.4 Å². The SMILES string of the molecule is CN1CCCCC1Cn1c(C2CC2)nc2c1CCNC2. The number of likely N-dealkylation sites (tertiary alicyclic amines) is 1. The number of hydrogen-bond acceptors (Lipinski definition) is 3. The standard InChI is InChI=1S/C16H26N4/c1-19-9-3-2-4-13(19)11-20-15-7-8-17-10-14(15)18-16(20)12-5-6-12/h12-13,17H,2-11H2,1H3. The van der Waals surface area contributed by atoms with Gasteiger partial charge < -0.3 is 14.8 Å². The summed E-state index contributed by atoms with van der Waals surface area (Å²) >= 11 is 0. The van der Waals surface area contributed by atoms with Crippen LogP contribution in [0.4, 0.5) is 0 Å². The van der Waals surface area contributed by atoms with Crippen molar-refractivity contribution >= 4 is 0 Å². The third kappa shape index (κ3) is 2.29. The van der Waals surface area contributed by atoms with Gasteiger partial charge in [0.15, 0.2) is 0 Å². The lowest BCUT2D eigenvalue weighted by Gasteiger charge is -2.33. The normalized spacial score (nSPS) is 27.6. The van der Waals surface area contributed by atoms with E-state index in [9.17, 15) is 0 Å². The maximum absolute atomic E-state index is 4.99. The summed E-state index contributed by atoms with van der Waals surface area (Å²) in [6.07, 6.45) is 7.98. The number of imidazole rings is 1. The predicted octanol–water partition coefficient (Wildman–Crippen LogP) is 1.89. The lowest BCUT2D eigenvalue weighted by atomic mass is 10.0. The molecule has 1 N–H and O–H groups in total. The zero-order valence-electron chi connectivity index (χ0n) is 12.6. The van der Waals surface area contributed by atoms with Gasteiger partial charge in [-0.15, -0.1) is 0 Å². The van der Waals surface area contributed by atoms with Gasteiger partial charge in [-0.25, -0.2) is 4.98 Å². The van der Waals surface area contributed by atoms with Crippen LogP contribution in [-0.2, 0) is 19.5 Å². The van der Waals surface area contributed by atoms with Gasteiger partial charge in [-0.05, 0) is 39.3 Å². The van der Waals surface area contributed by atoms with Crippen molar-refractivity contribution in [1.82, 2.24) is 19.8 Å². The molecule has 0 spiro atoms. The summed E-state index contributed by atoms with van der Waals surface area (Å²) in [5.74, 6) is 2.16. The second kappa shape index (κ2) is 5.15. The summed E-state index contributed by atoms with van der Waals surface area (Å²) in [5.41, 5.74) is 2.86. The minimum atomic E-state index is 0.717. The molecule has 110 valence electrons. The number of rotatable bonds is 3. The molecule has 1 unspecified atom stereocenters. The lowest BCUT2D eigenvalue weighted by Crippen LogP contribution is -2.40. The number of aromatic nitrogens is 2. The molecule has 1 aliphatic carbocycles. The van der Waals surface area contributed by atoms with Gasteiger partial charge in [-0.2, -0.15) is 0 Å². The molecule has 0 bridgehead atoms. The molecule has 20 heavy (non-hydrogen) atoms. The van der Waals surface area contributed by atoms with E-state index < -0.39 is 0 Å². The van der Waals surface area contributed by atoms with Gasteiger partial charge in [0, 0.05) is 43.7 Å². The number of hydrogen-bond donors (Lipinski definition) is 1. The zero-order valence-corrected chi connectivity index (χ0v) is 12.6. The van der Waals surface area contributed by atoms with E-state index in [4.69, 9.17) is 4.98 Å². The number of piperidine rings is 1. The zero-order chi connectivity index (χ0) is 13.5. The number of fused-ring (bicyclic) bond motifs is 1. The molecule has 1 aromatic heterocycles. The first kappa shape index (κ1) is 12.8. The van der Waals surface area contributed by atoms with Crippen molar-refractivity contribution in [3.8, 4) is 0 Å². The van der Waals surface area contributed by atoms with E-state index in [-0.39, 0.29) is 0 Å². The van der Waals surface area contributed by atoms with Crippen molar-refractivity contribution in [2.45, 2.75) is 63.6 Å². The highest BCUT2D eigenvalue weighted by Gasteiger charge is 2.33. The van der Waals surface area contributed by atoms with Crippen molar-refractivity contribution in [3.05, 3.63) is 17.2 Å². The van der Waals surface area contributed by atoms with Gasteiger partial charge in [-0.3, -0.25) is 0 Å². The minimum absolute atomic E-state index is 0.717. The molecule has 4 heteroatoms. The summed E-state index contributed by atoms with van der Waals surface area (Å²) in [7, 11) is 2.30. The van der Waals surface area contributed by atoms with Crippen molar-refractivity contribution in [2.75, 3.05) is 20.1 Å². The first-order valence-electron chi connectivity index (χ1n) is 8.32. The molecule has 0 aromatic carbocycles. The number of likely N-dealkylation sites (N-methyl/N-ethyl adjacent to an activating group) is 1. The minimum Gasteiger partial charge on any atom is -0.330 e. The van der Waals surface area contributed by atoms with Crippen LogP contribution in [0.3, 0.4) is 0 Å². The predicted molar refractivity (Wildman–Crippen MR) is 79.9 cm³/mol. The molecule has 1 aromatic rings. The largest absolute Gasteiger partial charge is 0.330 e. The van der Waals surface area contributed by atoms with Crippen LogP contribution in [0.2, 0.25) is 0 Å². The Morgan fingerprint density at radius 3 is 2.95 bits per heavy atom. The smallest absolute Gasteiger partial charge is 0.112 e. The van der Waals surface area contributed by atoms with Crippen molar-refractivity contribution < 1.29 is 0 Å². The summed E-state index contributed by atoms with van der Waals surface area (Å²) in [5, 5.41) is 3.47. The van der Waals surface area contributed by atoms with Crippen molar-refractivity contribution in [3.63, 3.8) is 0 Å². The van der Waals surface area contributed by atoms with E-state index in [2.05, 4.69) is 21.8 Å². The Morgan fingerprint density at radius 2 is 2.15 bits per heavy atom. The Balaban J connectivity index is 1.63. The molecule has 4 nitrogen and oxygen atoms in total. The fraction of sp³-hybridized carbons (Fsp3) is 0.812. The van der Waals surface area contributed by atoms with Crippen LogP contribution < -0.4 is 5.32 Å². The van der Waals surface area contributed by atoms with Crippen LogP contribution in [0.15, 0.2) is 0 Å². The van der Waals surface area contributed by atoms with E-state index in [1.807, 2.05) is 0 Å². The van der Waals surface area contributed by atoms with Gasteiger partial charge in [0.1, 0.15) is 5.82 Å². The average molecular weight is 274 g/mol. The summed E-state index contributed by atoms with van der Waals surface area (Å²) in [4.78, 5) is 7.55. The molecular weight excluding hydrogens is 248 g/mol. The third-order valence-corrected chi connectivity index (χ3v) is 5.27. The highest BCUT2D eigenvalue weighted by atomic mass is 15.2. The van der Waals surface area contributed by atoms with Gasteiger partial charge in [0.05, 0.1) is 5.69 Å². The van der Waals surface area contributed by atoms with E-state index in [0.717, 1.165) is 31.5 Å². The molecular formula is C16H26N4. The Bertz CT molecular complexity index is 489. The molecule has 1 saturated heterocycles. The quantitative estimate of drug-likeness (QED) is 0.914. The highest BCUT2D eigenvalue weighted by molar-refractivity contribution is 5.24. The molecule has 1 saturated carbocycles. The fourth-order valence-corrected chi connectivity index (χ4v) is 3.83. The fourth-order valence-electron chi connectivity index (χ4n) is 3.83. The van der Waals surface area contributed by atoms with Crippen LogP contribution in [0, 0.1) is 0 Å². The monoisotopic (exact) mass is 274 g/mol. The van der Waals surface area contributed by atoms with E-state index >= 15 is 0 Å². The summed E-state index contributed by atoms with van der Waals surface area (Å²) in [6.45, 7) is 4.53. The number of nitrogens with zero attached hydrogens (tertiary/aromatic N) is 3. The molecule has 0 amide bonds. The molecule has 3 heterocycles. The van der Waals surface area contributed by atoms with Crippen LogP contribution in [0.5, 0.6) is 0 Å². The molecule has 2 fully saturated rings. The van der Waals surface area contributed by atoms with E-state index in [1.54, 1.807) is 0 Å². The molecule has 2 aliphatic heterocycles. The van der Waals surface area contributed by atoms with Crippen LogP contribution in [-0.4, -0.2) is 40.6 Å². The van der Waals surface area contributed by atoms with Gasteiger partial charge >= 0.3 is 0 Å². The maximum atomic E-state index is 4.99.